The van der Waals surface area contributed by atoms with Crippen LogP contribution in [0.3, 0.4) is 0 Å². The van der Waals surface area contributed by atoms with Gasteiger partial charge in [0.1, 0.15) is 5.82 Å². The van der Waals surface area contributed by atoms with Gasteiger partial charge in [0.05, 0.1) is 6.54 Å². The highest BCUT2D eigenvalue weighted by Crippen LogP contribution is 2.33. The number of fused-ring (bicyclic) bond motifs is 1. The summed E-state index contributed by atoms with van der Waals surface area (Å²) in [7, 11) is 0. The molecule has 1 N–H and O–H groups in total. The zero-order valence-electron chi connectivity index (χ0n) is 12.8. The molecule has 1 aromatic heterocycles. The van der Waals surface area contributed by atoms with Crippen LogP contribution in [0, 0.1) is 0 Å². The van der Waals surface area contributed by atoms with Gasteiger partial charge in [0, 0.05) is 28.9 Å². The van der Waals surface area contributed by atoms with Crippen LogP contribution >= 0.6 is 11.6 Å². The quantitative estimate of drug-likeness (QED) is 0.787. The molecule has 0 fully saturated rings. The van der Waals surface area contributed by atoms with E-state index in [4.69, 9.17) is 11.6 Å². The van der Waals surface area contributed by atoms with Crippen molar-refractivity contribution in [2.45, 2.75) is 6.54 Å². The average Bonchev–Trinajstić information content (AvgIpc) is 3.15. The van der Waals surface area contributed by atoms with Crippen LogP contribution in [-0.2, 0) is 6.54 Å². The summed E-state index contributed by atoms with van der Waals surface area (Å²) < 4.78 is 1.89. The molecule has 0 unspecified atom stereocenters. The minimum absolute atomic E-state index is 0.165. The average molecular weight is 339 g/mol. The van der Waals surface area contributed by atoms with Crippen LogP contribution in [0.15, 0.2) is 60.7 Å². The fraction of sp³-hybridized carbons (Fsp3) is 0.111. The number of rotatable bonds is 3. The van der Waals surface area contributed by atoms with Crippen LogP contribution in [0.4, 0.5) is 17.3 Å². The Balaban J connectivity index is 1.57. The lowest BCUT2D eigenvalue weighted by molar-refractivity contribution is 0.102. The second-order valence-electron chi connectivity index (χ2n) is 5.56. The van der Waals surface area contributed by atoms with E-state index >= 15 is 0 Å². The van der Waals surface area contributed by atoms with E-state index < -0.39 is 0 Å². The second-order valence-corrected chi connectivity index (χ2v) is 6.00. The van der Waals surface area contributed by atoms with Crippen molar-refractivity contribution in [1.29, 1.82) is 0 Å². The van der Waals surface area contributed by atoms with E-state index in [0.29, 0.717) is 16.4 Å². The summed E-state index contributed by atoms with van der Waals surface area (Å²) in [5.74, 6) is 1.33. The van der Waals surface area contributed by atoms with Crippen LogP contribution in [0.5, 0.6) is 0 Å². The van der Waals surface area contributed by atoms with E-state index in [1.807, 2.05) is 53.2 Å². The van der Waals surface area contributed by atoms with Gasteiger partial charge in [-0.3, -0.25) is 4.79 Å². The van der Waals surface area contributed by atoms with E-state index in [9.17, 15) is 4.79 Å². The Bertz CT molecular complexity index is 891. The summed E-state index contributed by atoms with van der Waals surface area (Å²) >= 11 is 6.09. The van der Waals surface area contributed by atoms with E-state index in [2.05, 4.69) is 15.3 Å². The number of nitrogens with zero attached hydrogens (tertiary/aromatic N) is 3. The number of aromatic nitrogens is 2. The largest absolute Gasteiger partial charge is 0.325 e. The van der Waals surface area contributed by atoms with Gasteiger partial charge in [-0.25, -0.2) is 4.68 Å². The Morgan fingerprint density at radius 3 is 2.67 bits per heavy atom. The SMILES string of the molecule is O=C(Nc1cc2n(n1)CCN2c1cccc(Cl)c1)c1ccccc1. The minimum Gasteiger partial charge on any atom is -0.325 e. The number of halogens is 1. The van der Waals surface area contributed by atoms with E-state index in [-0.39, 0.29) is 5.91 Å². The fourth-order valence-electron chi connectivity index (χ4n) is 2.84. The van der Waals surface area contributed by atoms with Crippen molar-refractivity contribution < 1.29 is 4.79 Å². The van der Waals surface area contributed by atoms with Gasteiger partial charge >= 0.3 is 0 Å². The van der Waals surface area contributed by atoms with Crippen molar-refractivity contribution in [1.82, 2.24) is 9.78 Å². The third kappa shape index (κ3) is 2.74. The van der Waals surface area contributed by atoms with Gasteiger partial charge in [0.2, 0.25) is 0 Å². The maximum atomic E-state index is 12.2. The van der Waals surface area contributed by atoms with Crippen molar-refractivity contribution in [3.63, 3.8) is 0 Å². The Morgan fingerprint density at radius 2 is 1.88 bits per heavy atom. The highest BCUT2D eigenvalue weighted by molar-refractivity contribution is 6.30. The van der Waals surface area contributed by atoms with E-state index in [1.165, 1.54) is 0 Å². The zero-order chi connectivity index (χ0) is 16.5. The number of hydrogen-bond donors (Lipinski definition) is 1. The summed E-state index contributed by atoms with van der Waals surface area (Å²) in [5.41, 5.74) is 1.62. The standard InChI is InChI=1S/C18H15ClN4O/c19-14-7-4-8-15(11-14)22-9-10-23-17(22)12-16(21-23)20-18(24)13-5-2-1-3-6-13/h1-8,11-12H,9-10H2,(H,20,21,24). The van der Waals surface area contributed by atoms with Crippen LogP contribution < -0.4 is 10.2 Å². The van der Waals surface area contributed by atoms with E-state index in [1.54, 1.807) is 12.1 Å². The number of hydrogen-bond acceptors (Lipinski definition) is 3. The van der Waals surface area contributed by atoms with Gasteiger partial charge in [-0.2, -0.15) is 5.10 Å². The first-order valence-corrected chi connectivity index (χ1v) is 8.06. The molecule has 0 spiro atoms. The molecule has 2 aromatic carbocycles. The maximum Gasteiger partial charge on any atom is 0.256 e. The first-order chi connectivity index (χ1) is 11.7. The monoisotopic (exact) mass is 338 g/mol. The van der Waals surface area contributed by atoms with Crippen molar-refractivity contribution in [3.8, 4) is 0 Å². The summed E-state index contributed by atoms with van der Waals surface area (Å²) in [6, 6.07) is 18.7. The van der Waals surface area contributed by atoms with Crippen molar-refractivity contribution in [2.24, 2.45) is 0 Å². The molecule has 0 saturated carbocycles. The molecule has 2 heterocycles. The highest BCUT2D eigenvalue weighted by Gasteiger charge is 2.23. The molecule has 0 atom stereocenters. The number of carbonyl (C=O) groups is 1. The Kier molecular flexibility index (Phi) is 3.70. The number of carbonyl (C=O) groups excluding carboxylic acids is 1. The topological polar surface area (TPSA) is 50.2 Å². The lowest BCUT2D eigenvalue weighted by atomic mass is 10.2. The number of benzene rings is 2. The molecule has 120 valence electrons. The predicted molar refractivity (Wildman–Crippen MR) is 95.1 cm³/mol. The molecule has 1 amide bonds. The Morgan fingerprint density at radius 1 is 1.04 bits per heavy atom. The van der Waals surface area contributed by atoms with Crippen molar-refractivity contribution in [2.75, 3.05) is 16.8 Å². The molecule has 4 rings (SSSR count). The minimum atomic E-state index is -0.165. The summed E-state index contributed by atoms with van der Waals surface area (Å²) in [5, 5.41) is 8.01. The zero-order valence-corrected chi connectivity index (χ0v) is 13.6. The van der Waals surface area contributed by atoms with Gasteiger partial charge in [-0.05, 0) is 30.3 Å². The molecule has 0 saturated heterocycles. The first kappa shape index (κ1) is 14.8. The molecule has 1 aliphatic rings. The summed E-state index contributed by atoms with van der Waals surface area (Å²) in [6.07, 6.45) is 0. The lowest BCUT2D eigenvalue weighted by Crippen LogP contribution is -2.14. The highest BCUT2D eigenvalue weighted by atomic mass is 35.5. The van der Waals surface area contributed by atoms with Gasteiger partial charge in [-0.1, -0.05) is 35.9 Å². The third-order valence-corrected chi connectivity index (χ3v) is 4.20. The smallest absolute Gasteiger partial charge is 0.256 e. The van der Waals surface area contributed by atoms with Gasteiger partial charge in [0.15, 0.2) is 5.82 Å². The summed E-state index contributed by atoms with van der Waals surface area (Å²) in [6.45, 7) is 1.60. The third-order valence-electron chi connectivity index (χ3n) is 3.97. The molecule has 3 aromatic rings. The fourth-order valence-corrected chi connectivity index (χ4v) is 3.03. The van der Waals surface area contributed by atoms with Gasteiger partial charge in [-0.15, -0.1) is 0 Å². The first-order valence-electron chi connectivity index (χ1n) is 7.68. The Hall–Kier alpha value is -2.79. The second kappa shape index (κ2) is 6.02. The molecule has 24 heavy (non-hydrogen) atoms. The summed E-state index contributed by atoms with van der Waals surface area (Å²) in [4.78, 5) is 14.4. The maximum absolute atomic E-state index is 12.2. The molecule has 1 aliphatic heterocycles. The molecule has 0 radical (unpaired) electrons. The number of nitrogens with one attached hydrogen (secondary N) is 1. The lowest BCUT2D eigenvalue weighted by Gasteiger charge is -2.17. The molecule has 0 aliphatic carbocycles. The molecule has 5 nitrogen and oxygen atoms in total. The van der Waals surface area contributed by atoms with Crippen LogP contribution in [0.2, 0.25) is 5.02 Å². The van der Waals surface area contributed by atoms with Crippen molar-refractivity contribution in [3.05, 3.63) is 71.2 Å². The normalized spacial score (nSPS) is 13.0. The molecule has 0 bridgehead atoms. The van der Waals surface area contributed by atoms with Crippen LogP contribution in [-0.4, -0.2) is 22.2 Å². The predicted octanol–water partition coefficient (Wildman–Crippen LogP) is 3.94. The number of amides is 1. The molecular weight excluding hydrogens is 324 g/mol. The van der Waals surface area contributed by atoms with Crippen LogP contribution in [0.25, 0.3) is 0 Å². The molecular formula is C18H15ClN4O. The van der Waals surface area contributed by atoms with Gasteiger partial charge < -0.3 is 10.2 Å². The van der Waals surface area contributed by atoms with E-state index in [0.717, 1.165) is 24.6 Å². The number of anilines is 3. The molecule has 6 heteroatoms. The van der Waals surface area contributed by atoms with Gasteiger partial charge in [0.25, 0.3) is 5.91 Å². The Labute approximate surface area is 144 Å². The van der Waals surface area contributed by atoms with Crippen molar-refractivity contribution >= 4 is 34.8 Å². The van der Waals surface area contributed by atoms with Crippen LogP contribution in [0.1, 0.15) is 10.4 Å².